The maximum absolute atomic E-state index is 12.6. The van der Waals surface area contributed by atoms with Gasteiger partial charge in [0.25, 0.3) is 11.8 Å². The van der Waals surface area contributed by atoms with Crippen LogP contribution in [0, 0.1) is 9.49 Å². The van der Waals surface area contributed by atoms with Crippen LogP contribution in [0.1, 0.15) is 29.8 Å². The topological polar surface area (TPSA) is 100 Å². The third kappa shape index (κ3) is 6.23. The number of carbonyl (C=O) groups excluding carboxylic acids is 2. The summed E-state index contributed by atoms with van der Waals surface area (Å²) in [7, 11) is 1.44. The van der Waals surface area contributed by atoms with Crippen molar-refractivity contribution in [1.29, 1.82) is 0 Å². The van der Waals surface area contributed by atoms with Gasteiger partial charge >= 0.3 is 0 Å². The molecule has 2 aromatic rings. The number of hydrogen-bond donors (Lipinski definition) is 3. The highest BCUT2D eigenvalue weighted by molar-refractivity contribution is 14.1. The average Bonchev–Trinajstić information content (AvgIpc) is 2.70. The molecule has 3 N–H and O–H groups in total. The summed E-state index contributed by atoms with van der Waals surface area (Å²) in [5.41, 5.74) is 3.33. The molecule has 0 aliphatic carbocycles. The van der Waals surface area contributed by atoms with E-state index in [0.29, 0.717) is 19.9 Å². The van der Waals surface area contributed by atoms with Crippen molar-refractivity contribution in [1.82, 2.24) is 10.7 Å². The van der Waals surface area contributed by atoms with E-state index < -0.39 is 17.9 Å². The molecule has 2 aromatic carbocycles. The first-order chi connectivity index (χ1) is 14.1. The van der Waals surface area contributed by atoms with Crippen molar-refractivity contribution in [2.75, 3.05) is 7.11 Å². The molecule has 30 heavy (non-hydrogen) atoms. The first-order valence-electron chi connectivity index (χ1n) is 8.79. The van der Waals surface area contributed by atoms with Crippen LogP contribution in [0.15, 0.2) is 35.4 Å². The van der Waals surface area contributed by atoms with Crippen LogP contribution in [0.2, 0.25) is 10.0 Å². The molecule has 2 amide bonds. The lowest BCUT2D eigenvalue weighted by atomic mass is 10.0. The highest BCUT2D eigenvalue weighted by atomic mass is 127. The quantitative estimate of drug-likeness (QED) is 0.267. The lowest BCUT2D eigenvalue weighted by Crippen LogP contribution is -2.48. The molecule has 7 nitrogen and oxygen atoms in total. The van der Waals surface area contributed by atoms with E-state index in [9.17, 15) is 14.7 Å². The first kappa shape index (κ1) is 24.2. The molecule has 160 valence electrons. The van der Waals surface area contributed by atoms with Crippen LogP contribution in [0.25, 0.3) is 0 Å². The molecule has 0 aliphatic heterocycles. The van der Waals surface area contributed by atoms with Gasteiger partial charge in [0.05, 0.1) is 26.9 Å². The van der Waals surface area contributed by atoms with E-state index in [2.05, 4.69) is 15.8 Å². The normalized spacial score (nSPS) is 12.1. The van der Waals surface area contributed by atoms with Gasteiger partial charge in [-0.05, 0) is 64.4 Å². The standard InChI is InChI=1S/C20H20Cl2IN3O4/c1-10(2)17(25-19(28)12-4-5-13(21)14(22)8-12)20(29)26-24-9-11-6-15(23)18(27)16(7-11)30-3/h4-10,17,27H,1-3H3,(H,25,28)(H,26,29). The maximum atomic E-state index is 12.6. The van der Waals surface area contributed by atoms with Crippen molar-refractivity contribution in [3.63, 3.8) is 0 Å². The monoisotopic (exact) mass is 563 g/mol. The third-order valence-corrected chi connectivity index (χ3v) is 5.64. The molecule has 0 spiro atoms. The number of phenolic OH excluding ortho intramolecular Hbond substituents is 1. The Labute approximate surface area is 197 Å². The molecule has 0 aromatic heterocycles. The molecule has 0 fully saturated rings. The highest BCUT2D eigenvalue weighted by Gasteiger charge is 2.24. The second kappa shape index (κ2) is 10.8. The molecular weight excluding hydrogens is 544 g/mol. The van der Waals surface area contributed by atoms with Crippen molar-refractivity contribution < 1.29 is 19.4 Å². The number of aromatic hydroxyl groups is 1. The molecule has 1 unspecified atom stereocenters. The summed E-state index contributed by atoms with van der Waals surface area (Å²) in [6.45, 7) is 3.60. The molecule has 0 saturated carbocycles. The van der Waals surface area contributed by atoms with Crippen LogP contribution < -0.4 is 15.5 Å². The Morgan fingerprint density at radius 2 is 1.90 bits per heavy atom. The summed E-state index contributed by atoms with van der Waals surface area (Å²) < 4.78 is 5.67. The van der Waals surface area contributed by atoms with Crippen molar-refractivity contribution in [2.45, 2.75) is 19.9 Å². The minimum atomic E-state index is -0.821. The fraction of sp³-hybridized carbons (Fsp3) is 0.250. The highest BCUT2D eigenvalue weighted by Crippen LogP contribution is 2.31. The van der Waals surface area contributed by atoms with E-state index in [4.69, 9.17) is 27.9 Å². The van der Waals surface area contributed by atoms with Crippen LogP contribution in [0.4, 0.5) is 0 Å². The van der Waals surface area contributed by atoms with Crippen molar-refractivity contribution in [2.24, 2.45) is 11.0 Å². The zero-order valence-electron chi connectivity index (χ0n) is 16.4. The molecule has 0 radical (unpaired) electrons. The molecule has 2 rings (SSSR count). The summed E-state index contributed by atoms with van der Waals surface area (Å²) in [5.74, 6) is -0.797. The molecule has 1 atom stereocenters. The summed E-state index contributed by atoms with van der Waals surface area (Å²) in [6, 6.07) is 6.92. The number of amides is 2. The Kier molecular flexibility index (Phi) is 8.75. The van der Waals surface area contributed by atoms with Gasteiger partial charge in [-0.2, -0.15) is 5.10 Å². The van der Waals surface area contributed by atoms with Gasteiger partial charge in [0.2, 0.25) is 0 Å². The number of nitrogens with one attached hydrogen (secondary N) is 2. The Morgan fingerprint density at radius 1 is 1.20 bits per heavy atom. The van der Waals surface area contributed by atoms with Gasteiger partial charge in [0, 0.05) is 5.56 Å². The van der Waals surface area contributed by atoms with Crippen molar-refractivity contribution in [3.8, 4) is 11.5 Å². The van der Waals surface area contributed by atoms with E-state index in [1.165, 1.54) is 31.5 Å². The smallest absolute Gasteiger partial charge is 0.262 e. The number of methoxy groups -OCH3 is 1. The lowest BCUT2D eigenvalue weighted by molar-refractivity contribution is -0.123. The minimum absolute atomic E-state index is 0.0316. The van der Waals surface area contributed by atoms with Gasteiger partial charge < -0.3 is 15.2 Å². The SMILES string of the molecule is COc1cc(C=NNC(=O)C(NC(=O)c2ccc(Cl)c(Cl)c2)C(C)C)cc(I)c1O. The molecule has 10 heteroatoms. The minimum Gasteiger partial charge on any atom is -0.504 e. The number of halogens is 3. The predicted octanol–water partition coefficient (Wildman–Crippen LogP) is 4.22. The summed E-state index contributed by atoms with van der Waals surface area (Å²) >= 11 is 13.8. The van der Waals surface area contributed by atoms with Gasteiger partial charge in [0.15, 0.2) is 11.5 Å². The van der Waals surface area contributed by atoms with E-state index >= 15 is 0 Å². The van der Waals surface area contributed by atoms with E-state index in [1.54, 1.807) is 26.0 Å². The first-order valence-corrected chi connectivity index (χ1v) is 10.6. The third-order valence-electron chi connectivity index (χ3n) is 4.08. The second-order valence-corrected chi connectivity index (χ2v) is 8.59. The van der Waals surface area contributed by atoms with Crippen molar-refractivity contribution >= 4 is 63.8 Å². The Bertz CT molecular complexity index is 983. The Hall–Kier alpha value is -2.04. The van der Waals surface area contributed by atoms with Gasteiger partial charge in [-0.1, -0.05) is 37.0 Å². The number of benzene rings is 2. The Morgan fingerprint density at radius 3 is 2.50 bits per heavy atom. The fourth-order valence-corrected chi connectivity index (χ4v) is 3.38. The fourth-order valence-electron chi connectivity index (χ4n) is 2.46. The van der Waals surface area contributed by atoms with Crippen LogP contribution in [-0.2, 0) is 4.79 Å². The largest absolute Gasteiger partial charge is 0.504 e. The number of nitrogens with zero attached hydrogens (tertiary/aromatic N) is 1. The molecule has 0 saturated heterocycles. The van der Waals surface area contributed by atoms with Crippen LogP contribution >= 0.6 is 45.8 Å². The summed E-state index contributed by atoms with van der Waals surface area (Å²) in [5, 5.41) is 17.1. The van der Waals surface area contributed by atoms with E-state index in [-0.39, 0.29) is 22.3 Å². The second-order valence-electron chi connectivity index (χ2n) is 6.61. The number of hydrazone groups is 1. The molecule has 0 bridgehead atoms. The predicted molar refractivity (Wildman–Crippen MR) is 126 cm³/mol. The number of carbonyl (C=O) groups is 2. The van der Waals surface area contributed by atoms with E-state index in [0.717, 1.165) is 0 Å². The lowest BCUT2D eigenvalue weighted by Gasteiger charge is -2.20. The molecule has 0 heterocycles. The average molecular weight is 564 g/mol. The Balaban J connectivity index is 2.08. The van der Waals surface area contributed by atoms with Crippen LogP contribution in [-0.4, -0.2) is 36.3 Å². The number of hydrogen-bond acceptors (Lipinski definition) is 5. The molecular formula is C20H20Cl2IN3O4. The van der Waals surface area contributed by atoms with Gasteiger partial charge in [0.1, 0.15) is 6.04 Å². The molecule has 0 aliphatic rings. The summed E-state index contributed by atoms with van der Waals surface area (Å²) in [4.78, 5) is 25.0. The van der Waals surface area contributed by atoms with Crippen LogP contribution in [0.3, 0.4) is 0 Å². The zero-order chi connectivity index (χ0) is 22.4. The van der Waals surface area contributed by atoms with Crippen LogP contribution in [0.5, 0.6) is 11.5 Å². The van der Waals surface area contributed by atoms with Gasteiger partial charge in [-0.15, -0.1) is 0 Å². The van der Waals surface area contributed by atoms with Gasteiger partial charge in [-0.25, -0.2) is 5.43 Å². The van der Waals surface area contributed by atoms with Crippen molar-refractivity contribution in [3.05, 3.63) is 55.1 Å². The summed E-state index contributed by atoms with van der Waals surface area (Å²) in [6.07, 6.45) is 1.42. The number of phenols is 1. The maximum Gasteiger partial charge on any atom is 0.262 e. The van der Waals surface area contributed by atoms with Gasteiger partial charge in [-0.3, -0.25) is 9.59 Å². The van der Waals surface area contributed by atoms with E-state index in [1.807, 2.05) is 22.6 Å². The number of ether oxygens (including phenoxy) is 1. The number of rotatable bonds is 7. The zero-order valence-corrected chi connectivity index (χ0v) is 20.0.